The van der Waals surface area contributed by atoms with Crippen molar-refractivity contribution < 1.29 is 9.53 Å². The van der Waals surface area contributed by atoms with Crippen LogP contribution in [0.25, 0.3) is 0 Å². The third-order valence-electron chi connectivity index (χ3n) is 4.85. The number of piperidine rings is 1. The molecule has 0 aliphatic carbocycles. The number of hydrogen-bond donors (Lipinski definition) is 0. The smallest absolute Gasteiger partial charge is 0.223 e. The summed E-state index contributed by atoms with van der Waals surface area (Å²) >= 11 is 3.44. The minimum absolute atomic E-state index is 0.319. The molecule has 0 saturated carbocycles. The van der Waals surface area contributed by atoms with Gasteiger partial charge in [0.15, 0.2) is 0 Å². The summed E-state index contributed by atoms with van der Waals surface area (Å²) < 4.78 is 6.58. The van der Waals surface area contributed by atoms with Crippen molar-refractivity contribution in [1.29, 1.82) is 0 Å². The number of nitrogens with zero attached hydrogens (tertiary/aromatic N) is 1. The van der Waals surface area contributed by atoms with E-state index in [1.165, 1.54) is 5.56 Å². The van der Waals surface area contributed by atoms with Crippen LogP contribution in [0.3, 0.4) is 0 Å². The molecule has 2 unspecified atom stereocenters. The molecule has 0 spiro atoms. The maximum atomic E-state index is 12.6. The fraction of sp³-hybridized carbons (Fsp3) is 0.588. The van der Waals surface area contributed by atoms with Gasteiger partial charge in [-0.15, -0.1) is 0 Å². The summed E-state index contributed by atoms with van der Waals surface area (Å²) in [5.74, 6) is 0.319. The zero-order chi connectivity index (χ0) is 14.8. The predicted octanol–water partition coefficient (Wildman–Crippen LogP) is 3.55. The van der Waals surface area contributed by atoms with Crippen LogP contribution in [0.15, 0.2) is 28.7 Å². The Morgan fingerprint density at radius 1 is 1.24 bits per heavy atom. The quantitative estimate of drug-likeness (QED) is 0.829. The van der Waals surface area contributed by atoms with Gasteiger partial charge in [-0.25, -0.2) is 0 Å². The van der Waals surface area contributed by atoms with Crippen molar-refractivity contribution in [1.82, 2.24) is 4.90 Å². The molecule has 0 radical (unpaired) electrons. The van der Waals surface area contributed by atoms with Crippen LogP contribution in [-0.4, -0.2) is 36.1 Å². The Bertz CT molecular complexity index is 488. The second-order valence-electron chi connectivity index (χ2n) is 6.14. The number of hydrogen-bond acceptors (Lipinski definition) is 2. The van der Waals surface area contributed by atoms with Crippen LogP contribution in [0.4, 0.5) is 0 Å². The van der Waals surface area contributed by atoms with Gasteiger partial charge in [-0.05, 0) is 49.8 Å². The van der Waals surface area contributed by atoms with Gasteiger partial charge >= 0.3 is 0 Å². The third kappa shape index (κ3) is 3.32. The summed E-state index contributed by atoms with van der Waals surface area (Å²) in [4.78, 5) is 14.7. The molecule has 2 bridgehead atoms. The molecule has 3 rings (SSSR count). The molecule has 2 aliphatic heterocycles. The number of carbonyl (C=O) groups is 1. The summed E-state index contributed by atoms with van der Waals surface area (Å²) in [5, 5.41) is 0. The number of aryl methyl sites for hydroxylation is 1. The fourth-order valence-electron chi connectivity index (χ4n) is 3.76. The Morgan fingerprint density at radius 2 is 1.86 bits per heavy atom. The second-order valence-corrected chi connectivity index (χ2v) is 7.06. The molecular formula is C17H22BrNO2. The summed E-state index contributed by atoms with van der Waals surface area (Å²) in [6, 6.07) is 9.06. The lowest BCUT2D eigenvalue weighted by molar-refractivity contribution is -0.137. The number of rotatable bonds is 4. The van der Waals surface area contributed by atoms with Gasteiger partial charge in [0, 0.05) is 30.1 Å². The molecule has 4 heteroatoms. The molecule has 114 valence electrons. The fourth-order valence-corrected chi connectivity index (χ4v) is 4.02. The topological polar surface area (TPSA) is 29.5 Å². The molecule has 0 aromatic heterocycles. The van der Waals surface area contributed by atoms with Crippen LogP contribution in [0.1, 0.15) is 37.7 Å². The molecule has 1 aromatic rings. The molecule has 0 N–H and O–H groups in total. The Balaban J connectivity index is 1.57. The number of ether oxygens (including phenoxy) is 1. The maximum Gasteiger partial charge on any atom is 0.223 e. The molecule has 2 aliphatic rings. The predicted molar refractivity (Wildman–Crippen MR) is 86.2 cm³/mol. The Kier molecular flexibility index (Phi) is 4.65. The highest BCUT2D eigenvalue weighted by molar-refractivity contribution is 9.10. The van der Waals surface area contributed by atoms with E-state index in [0.717, 1.165) is 36.6 Å². The first kappa shape index (κ1) is 15.0. The van der Waals surface area contributed by atoms with Gasteiger partial charge in [-0.3, -0.25) is 4.79 Å². The van der Waals surface area contributed by atoms with Crippen molar-refractivity contribution in [3.8, 4) is 0 Å². The summed E-state index contributed by atoms with van der Waals surface area (Å²) in [6.45, 7) is 0. The standard InChI is InChI=1S/C17H22BrNO2/c1-21-16-10-14-7-8-15(11-16)19(14)17(20)9-4-12-2-5-13(18)6-3-12/h2-3,5-6,14-16H,4,7-11H2,1H3. The Hall–Kier alpha value is -0.870. The van der Waals surface area contributed by atoms with Gasteiger partial charge in [0.05, 0.1) is 6.10 Å². The number of carbonyl (C=O) groups excluding carboxylic acids is 1. The number of methoxy groups -OCH3 is 1. The van der Waals surface area contributed by atoms with E-state index in [4.69, 9.17) is 4.74 Å². The third-order valence-corrected chi connectivity index (χ3v) is 5.38. The maximum absolute atomic E-state index is 12.6. The molecule has 2 fully saturated rings. The van der Waals surface area contributed by atoms with Gasteiger partial charge in [0.25, 0.3) is 0 Å². The van der Waals surface area contributed by atoms with Gasteiger partial charge in [0.2, 0.25) is 5.91 Å². The van der Waals surface area contributed by atoms with Crippen LogP contribution in [0.5, 0.6) is 0 Å². The van der Waals surface area contributed by atoms with Crippen molar-refractivity contribution >= 4 is 21.8 Å². The number of fused-ring (bicyclic) bond motifs is 2. The van der Waals surface area contributed by atoms with E-state index in [2.05, 4.69) is 33.0 Å². The van der Waals surface area contributed by atoms with E-state index < -0.39 is 0 Å². The van der Waals surface area contributed by atoms with Crippen LogP contribution in [0.2, 0.25) is 0 Å². The van der Waals surface area contributed by atoms with E-state index in [9.17, 15) is 4.79 Å². The Labute approximate surface area is 134 Å². The van der Waals surface area contributed by atoms with Crippen LogP contribution < -0.4 is 0 Å². The van der Waals surface area contributed by atoms with Gasteiger partial charge < -0.3 is 9.64 Å². The van der Waals surface area contributed by atoms with Gasteiger partial charge in [-0.1, -0.05) is 28.1 Å². The van der Waals surface area contributed by atoms with Crippen LogP contribution in [-0.2, 0) is 16.0 Å². The molecule has 2 atom stereocenters. The molecule has 2 saturated heterocycles. The van der Waals surface area contributed by atoms with E-state index >= 15 is 0 Å². The Morgan fingerprint density at radius 3 is 2.43 bits per heavy atom. The van der Waals surface area contributed by atoms with Crippen molar-refractivity contribution in [3.05, 3.63) is 34.3 Å². The largest absolute Gasteiger partial charge is 0.381 e. The van der Waals surface area contributed by atoms with Crippen LogP contribution >= 0.6 is 15.9 Å². The lowest BCUT2D eigenvalue weighted by Gasteiger charge is -2.38. The summed E-state index contributed by atoms with van der Waals surface area (Å²) in [7, 11) is 1.79. The zero-order valence-electron chi connectivity index (χ0n) is 12.4. The average Bonchev–Trinajstić information content (AvgIpc) is 2.77. The minimum atomic E-state index is 0.319. The van der Waals surface area contributed by atoms with E-state index in [1.807, 2.05) is 12.1 Å². The van der Waals surface area contributed by atoms with E-state index in [0.29, 0.717) is 30.5 Å². The SMILES string of the molecule is COC1CC2CCC(C1)N2C(=O)CCc1ccc(Br)cc1. The summed E-state index contributed by atoms with van der Waals surface area (Å²) in [6.07, 6.45) is 6.11. The molecule has 3 nitrogen and oxygen atoms in total. The first-order valence-electron chi connectivity index (χ1n) is 7.76. The molecule has 1 aromatic carbocycles. The molecule has 21 heavy (non-hydrogen) atoms. The van der Waals surface area contributed by atoms with Gasteiger partial charge in [-0.2, -0.15) is 0 Å². The van der Waals surface area contributed by atoms with Crippen molar-refractivity contribution in [2.24, 2.45) is 0 Å². The minimum Gasteiger partial charge on any atom is -0.381 e. The highest BCUT2D eigenvalue weighted by Crippen LogP contribution is 2.37. The van der Waals surface area contributed by atoms with Crippen molar-refractivity contribution in [3.63, 3.8) is 0 Å². The lowest BCUT2D eigenvalue weighted by atomic mass is 9.98. The monoisotopic (exact) mass is 351 g/mol. The highest BCUT2D eigenvalue weighted by atomic mass is 79.9. The average molecular weight is 352 g/mol. The van der Waals surface area contributed by atoms with Crippen molar-refractivity contribution in [2.75, 3.05) is 7.11 Å². The van der Waals surface area contributed by atoms with Crippen molar-refractivity contribution in [2.45, 2.75) is 56.7 Å². The molecule has 1 amide bonds. The van der Waals surface area contributed by atoms with E-state index in [1.54, 1.807) is 7.11 Å². The first-order chi connectivity index (χ1) is 10.2. The number of benzene rings is 1. The van der Waals surface area contributed by atoms with E-state index in [-0.39, 0.29) is 0 Å². The normalized spacial score (nSPS) is 27.9. The lowest BCUT2D eigenvalue weighted by Crippen LogP contribution is -2.48. The molecular weight excluding hydrogens is 330 g/mol. The number of amides is 1. The highest BCUT2D eigenvalue weighted by Gasteiger charge is 2.42. The summed E-state index contributed by atoms with van der Waals surface area (Å²) in [5.41, 5.74) is 1.23. The first-order valence-corrected chi connectivity index (χ1v) is 8.55. The second kappa shape index (κ2) is 6.49. The molecule has 2 heterocycles. The zero-order valence-corrected chi connectivity index (χ0v) is 14.0. The number of halogens is 1. The van der Waals surface area contributed by atoms with Gasteiger partial charge in [0.1, 0.15) is 0 Å². The van der Waals surface area contributed by atoms with Crippen LogP contribution in [0, 0.1) is 0 Å².